The highest BCUT2D eigenvalue weighted by Gasteiger charge is 2.37. The van der Waals surface area contributed by atoms with Gasteiger partial charge in [0.25, 0.3) is 0 Å². The van der Waals surface area contributed by atoms with Crippen molar-refractivity contribution in [2.45, 2.75) is 89.9 Å². The van der Waals surface area contributed by atoms with E-state index in [4.69, 9.17) is 9.47 Å². The van der Waals surface area contributed by atoms with Gasteiger partial charge in [-0.05, 0) is 64.5 Å². The number of benzene rings is 2. The average molecular weight is 495 g/mol. The van der Waals surface area contributed by atoms with Crippen molar-refractivity contribution in [3.8, 4) is 0 Å². The van der Waals surface area contributed by atoms with Crippen LogP contribution in [-0.4, -0.2) is 30.9 Å². The molecular formula is C31H42O5. The molecule has 0 aliphatic rings. The van der Waals surface area contributed by atoms with Gasteiger partial charge in [0.2, 0.25) is 0 Å². The summed E-state index contributed by atoms with van der Waals surface area (Å²) in [5.41, 5.74) is 0.459. The number of carbonyl (C=O) groups is 3. The van der Waals surface area contributed by atoms with E-state index in [9.17, 15) is 14.4 Å². The lowest BCUT2D eigenvalue weighted by Crippen LogP contribution is -2.34. The van der Waals surface area contributed by atoms with Crippen LogP contribution in [0.5, 0.6) is 0 Å². The molecule has 196 valence electrons. The maximum Gasteiger partial charge on any atom is 0.316 e. The predicted octanol–water partition coefficient (Wildman–Crippen LogP) is 6.72. The Morgan fingerprint density at radius 3 is 1.31 bits per heavy atom. The quantitative estimate of drug-likeness (QED) is 0.191. The number of hydrogen-bond acceptors (Lipinski definition) is 5. The van der Waals surface area contributed by atoms with Crippen LogP contribution in [0.15, 0.2) is 60.7 Å². The second-order valence-electron chi connectivity index (χ2n) is 9.79. The zero-order valence-electron chi connectivity index (χ0n) is 22.4. The number of ether oxygens (including phenoxy) is 2. The Labute approximate surface area is 216 Å². The Bertz CT molecular complexity index is 878. The Hall–Kier alpha value is -2.95. The van der Waals surface area contributed by atoms with Gasteiger partial charge in [0.15, 0.2) is 0 Å². The monoisotopic (exact) mass is 494 g/mol. The zero-order valence-corrected chi connectivity index (χ0v) is 22.4. The van der Waals surface area contributed by atoms with Crippen molar-refractivity contribution in [2.75, 3.05) is 13.2 Å². The standard InChI is InChI=1S/C31H42O5/c1-5-35-28(33)30(3,25-17-9-7-10-18-25)23-15-13-21-27(32)22-14-16-24-31(4,29(34)36-6-2)26-19-11-8-12-20-26/h7-12,17-20H,5-6,13-16,21-24H2,1-4H3. The van der Waals surface area contributed by atoms with Crippen LogP contribution in [0.1, 0.15) is 90.2 Å². The van der Waals surface area contributed by atoms with E-state index in [-0.39, 0.29) is 17.7 Å². The van der Waals surface area contributed by atoms with E-state index in [1.54, 1.807) is 0 Å². The number of unbranched alkanes of at least 4 members (excludes halogenated alkanes) is 2. The number of rotatable bonds is 16. The lowest BCUT2D eigenvalue weighted by atomic mass is 9.77. The molecule has 0 radical (unpaired) electrons. The molecule has 36 heavy (non-hydrogen) atoms. The Kier molecular flexibility index (Phi) is 11.9. The van der Waals surface area contributed by atoms with Crippen molar-refractivity contribution in [1.82, 2.24) is 0 Å². The molecular weight excluding hydrogens is 452 g/mol. The minimum atomic E-state index is -0.713. The summed E-state index contributed by atoms with van der Waals surface area (Å²) >= 11 is 0. The van der Waals surface area contributed by atoms with E-state index < -0.39 is 10.8 Å². The molecule has 0 amide bonds. The van der Waals surface area contributed by atoms with Crippen molar-refractivity contribution in [3.05, 3.63) is 71.8 Å². The van der Waals surface area contributed by atoms with E-state index in [1.165, 1.54) is 0 Å². The highest BCUT2D eigenvalue weighted by atomic mass is 16.5. The molecule has 0 saturated carbocycles. The van der Waals surface area contributed by atoms with Gasteiger partial charge >= 0.3 is 11.9 Å². The van der Waals surface area contributed by atoms with E-state index in [1.807, 2.05) is 88.4 Å². The van der Waals surface area contributed by atoms with Gasteiger partial charge in [-0.1, -0.05) is 73.5 Å². The van der Waals surface area contributed by atoms with Crippen LogP contribution in [0.3, 0.4) is 0 Å². The zero-order chi connectivity index (χ0) is 26.4. The third-order valence-electron chi connectivity index (χ3n) is 7.04. The van der Waals surface area contributed by atoms with Gasteiger partial charge in [0, 0.05) is 12.8 Å². The first-order valence-corrected chi connectivity index (χ1v) is 13.2. The SMILES string of the molecule is CCOC(=O)C(C)(CCCCC(=O)CCCCC(C)(C(=O)OCC)c1ccccc1)c1ccccc1. The molecule has 0 bridgehead atoms. The van der Waals surface area contributed by atoms with Gasteiger partial charge < -0.3 is 9.47 Å². The van der Waals surface area contributed by atoms with E-state index >= 15 is 0 Å². The number of Topliss-reactive ketones (excluding diaryl/α,β-unsaturated/α-hetero) is 1. The smallest absolute Gasteiger partial charge is 0.316 e. The molecule has 2 unspecified atom stereocenters. The highest BCUT2D eigenvalue weighted by Crippen LogP contribution is 2.33. The molecule has 0 heterocycles. The fourth-order valence-electron chi connectivity index (χ4n) is 4.65. The molecule has 0 saturated heterocycles. The molecule has 5 heteroatoms. The molecule has 5 nitrogen and oxygen atoms in total. The molecule has 0 aromatic heterocycles. The summed E-state index contributed by atoms with van der Waals surface area (Å²) in [7, 11) is 0. The topological polar surface area (TPSA) is 69.7 Å². The summed E-state index contributed by atoms with van der Waals surface area (Å²) in [5, 5.41) is 0. The summed E-state index contributed by atoms with van der Waals surface area (Å²) in [6, 6.07) is 19.4. The summed E-state index contributed by atoms with van der Waals surface area (Å²) in [6.07, 6.45) is 5.30. The van der Waals surface area contributed by atoms with Crippen LogP contribution in [-0.2, 0) is 34.7 Å². The van der Waals surface area contributed by atoms with E-state index in [2.05, 4.69) is 0 Å². The molecule has 2 rings (SSSR count). The van der Waals surface area contributed by atoms with Crippen molar-refractivity contribution in [2.24, 2.45) is 0 Å². The van der Waals surface area contributed by atoms with Gasteiger partial charge in [-0.25, -0.2) is 0 Å². The number of carbonyl (C=O) groups excluding carboxylic acids is 3. The van der Waals surface area contributed by atoms with E-state index in [0.29, 0.717) is 38.9 Å². The molecule has 2 aromatic rings. The third kappa shape index (κ3) is 8.04. The Balaban J connectivity index is 1.82. The number of esters is 2. The van der Waals surface area contributed by atoms with Crippen molar-refractivity contribution in [1.29, 1.82) is 0 Å². The summed E-state index contributed by atoms with van der Waals surface area (Å²) in [6.45, 7) is 8.18. The fraction of sp³-hybridized carbons (Fsp3) is 0.516. The molecule has 0 aliphatic carbocycles. The normalized spacial score (nSPS) is 14.3. The maximum atomic E-state index is 12.7. The number of hydrogen-bond donors (Lipinski definition) is 0. The first-order chi connectivity index (χ1) is 17.3. The largest absolute Gasteiger partial charge is 0.465 e. The molecule has 2 atom stereocenters. The van der Waals surface area contributed by atoms with Crippen LogP contribution in [0, 0.1) is 0 Å². The maximum absolute atomic E-state index is 12.7. The predicted molar refractivity (Wildman–Crippen MR) is 143 cm³/mol. The van der Waals surface area contributed by atoms with E-state index in [0.717, 1.165) is 36.8 Å². The van der Waals surface area contributed by atoms with Gasteiger partial charge in [0.1, 0.15) is 5.78 Å². The fourth-order valence-corrected chi connectivity index (χ4v) is 4.65. The van der Waals surface area contributed by atoms with Crippen LogP contribution in [0.25, 0.3) is 0 Å². The van der Waals surface area contributed by atoms with Gasteiger partial charge in [-0.2, -0.15) is 0 Å². The Morgan fingerprint density at radius 1 is 0.611 bits per heavy atom. The summed E-state index contributed by atoms with van der Waals surface area (Å²) < 4.78 is 10.7. The molecule has 0 spiro atoms. The lowest BCUT2D eigenvalue weighted by molar-refractivity contribution is -0.150. The minimum absolute atomic E-state index is 0.217. The van der Waals surface area contributed by atoms with Crippen LogP contribution < -0.4 is 0 Å². The second-order valence-corrected chi connectivity index (χ2v) is 9.79. The summed E-state index contributed by atoms with van der Waals surface area (Å²) in [4.78, 5) is 38.0. The Morgan fingerprint density at radius 2 is 0.972 bits per heavy atom. The molecule has 0 fully saturated rings. The van der Waals surface area contributed by atoms with Gasteiger partial charge in [-0.3, -0.25) is 14.4 Å². The van der Waals surface area contributed by atoms with Gasteiger partial charge in [-0.15, -0.1) is 0 Å². The third-order valence-corrected chi connectivity index (χ3v) is 7.04. The van der Waals surface area contributed by atoms with Crippen molar-refractivity contribution >= 4 is 17.7 Å². The summed E-state index contributed by atoms with van der Waals surface area (Å²) in [5.74, 6) is -0.207. The lowest BCUT2D eigenvalue weighted by Gasteiger charge is -2.28. The first kappa shape index (κ1) is 29.3. The van der Waals surface area contributed by atoms with Crippen LogP contribution >= 0.6 is 0 Å². The van der Waals surface area contributed by atoms with Crippen LogP contribution in [0.4, 0.5) is 0 Å². The first-order valence-electron chi connectivity index (χ1n) is 13.2. The molecule has 0 aliphatic heterocycles. The molecule has 2 aromatic carbocycles. The van der Waals surface area contributed by atoms with Crippen LogP contribution in [0.2, 0.25) is 0 Å². The van der Waals surface area contributed by atoms with Gasteiger partial charge in [0.05, 0.1) is 24.0 Å². The number of ketones is 1. The highest BCUT2D eigenvalue weighted by molar-refractivity contribution is 5.83. The molecule has 0 N–H and O–H groups in total. The second kappa shape index (κ2) is 14.6. The van der Waals surface area contributed by atoms with Crippen molar-refractivity contribution in [3.63, 3.8) is 0 Å². The van der Waals surface area contributed by atoms with Crippen molar-refractivity contribution < 1.29 is 23.9 Å². The minimum Gasteiger partial charge on any atom is -0.465 e. The average Bonchev–Trinajstić information content (AvgIpc) is 2.90.